The van der Waals surface area contributed by atoms with Crippen molar-refractivity contribution in [2.24, 2.45) is 11.8 Å². The lowest BCUT2D eigenvalue weighted by Gasteiger charge is -2.23. The Balaban J connectivity index is 4.65. The molecule has 0 radical (unpaired) electrons. The van der Waals surface area contributed by atoms with Gasteiger partial charge in [-0.15, -0.1) is 0 Å². The van der Waals surface area contributed by atoms with Gasteiger partial charge < -0.3 is 15.2 Å². The molecule has 0 spiro atoms. The summed E-state index contributed by atoms with van der Waals surface area (Å²) in [6, 6.07) is -0.230. The number of ether oxygens (including phenoxy) is 1. The van der Waals surface area contributed by atoms with Crippen LogP contribution >= 0.6 is 0 Å². The monoisotopic (exact) mass is 285 g/mol. The van der Waals surface area contributed by atoms with Crippen LogP contribution in [0.4, 0.5) is 4.79 Å². The molecule has 2 atom stereocenters. The Morgan fingerprint density at radius 2 is 1.75 bits per heavy atom. The van der Waals surface area contributed by atoms with Gasteiger partial charge in [0.2, 0.25) is 0 Å². The maximum atomic E-state index is 11.7. The van der Waals surface area contributed by atoms with Crippen molar-refractivity contribution in [3.05, 3.63) is 12.2 Å². The summed E-state index contributed by atoms with van der Waals surface area (Å²) in [5, 5.41) is 11.6. The third-order valence-electron chi connectivity index (χ3n) is 2.45. The van der Waals surface area contributed by atoms with Crippen molar-refractivity contribution in [3.63, 3.8) is 0 Å². The Kier molecular flexibility index (Phi) is 7.32. The number of aliphatic carboxylic acids is 1. The second-order valence-electron chi connectivity index (χ2n) is 6.39. The SMILES string of the molecule is CC(C)C[C@@H](/C=C/[C@@H](C)C(=O)O)NC(=O)OC(C)(C)C. The molecule has 0 unspecified atom stereocenters. The van der Waals surface area contributed by atoms with Gasteiger partial charge in [-0.3, -0.25) is 4.79 Å². The van der Waals surface area contributed by atoms with Gasteiger partial charge in [-0.25, -0.2) is 4.79 Å². The minimum Gasteiger partial charge on any atom is -0.481 e. The molecule has 0 aliphatic carbocycles. The average molecular weight is 285 g/mol. The van der Waals surface area contributed by atoms with Crippen molar-refractivity contribution in [2.75, 3.05) is 0 Å². The first-order chi connectivity index (χ1) is 9.01. The average Bonchev–Trinajstić information content (AvgIpc) is 2.21. The van der Waals surface area contributed by atoms with Crippen molar-refractivity contribution in [3.8, 4) is 0 Å². The molecular weight excluding hydrogens is 258 g/mol. The van der Waals surface area contributed by atoms with Gasteiger partial charge in [-0.05, 0) is 40.0 Å². The highest BCUT2D eigenvalue weighted by Crippen LogP contribution is 2.11. The van der Waals surface area contributed by atoms with E-state index in [0.29, 0.717) is 5.92 Å². The first-order valence-electron chi connectivity index (χ1n) is 6.92. The third kappa shape index (κ3) is 9.42. The Labute approximate surface area is 121 Å². The molecule has 0 heterocycles. The van der Waals surface area contributed by atoms with E-state index in [2.05, 4.69) is 5.32 Å². The normalized spacial score (nSPS) is 15.2. The highest BCUT2D eigenvalue weighted by molar-refractivity contribution is 5.71. The van der Waals surface area contributed by atoms with Crippen LogP contribution in [0.2, 0.25) is 0 Å². The maximum absolute atomic E-state index is 11.7. The first kappa shape index (κ1) is 18.5. The molecular formula is C15H27NO4. The van der Waals surface area contributed by atoms with Crippen molar-refractivity contribution in [2.45, 2.75) is 59.6 Å². The fourth-order valence-corrected chi connectivity index (χ4v) is 1.54. The minimum atomic E-state index is -0.887. The lowest BCUT2D eigenvalue weighted by Crippen LogP contribution is -2.39. The zero-order chi connectivity index (χ0) is 15.9. The number of alkyl carbamates (subject to hydrolysis) is 1. The van der Waals surface area contributed by atoms with Crippen molar-refractivity contribution >= 4 is 12.1 Å². The molecule has 0 aromatic carbocycles. The Bertz CT molecular complexity index is 355. The summed E-state index contributed by atoms with van der Waals surface area (Å²) in [7, 11) is 0. The van der Waals surface area contributed by atoms with Gasteiger partial charge in [-0.2, -0.15) is 0 Å². The fourth-order valence-electron chi connectivity index (χ4n) is 1.54. The van der Waals surface area contributed by atoms with E-state index in [4.69, 9.17) is 9.84 Å². The molecule has 0 aliphatic heterocycles. The number of nitrogens with one attached hydrogen (secondary N) is 1. The molecule has 0 saturated heterocycles. The number of carboxylic acids is 1. The predicted octanol–water partition coefficient (Wildman–Crippen LogP) is 3.20. The molecule has 5 heteroatoms. The van der Waals surface area contributed by atoms with Crippen LogP contribution in [0.5, 0.6) is 0 Å². The number of carbonyl (C=O) groups excluding carboxylic acids is 1. The largest absolute Gasteiger partial charge is 0.481 e. The predicted molar refractivity (Wildman–Crippen MR) is 78.6 cm³/mol. The number of carbonyl (C=O) groups is 2. The van der Waals surface area contributed by atoms with E-state index in [0.717, 1.165) is 6.42 Å². The molecule has 0 aromatic rings. The van der Waals surface area contributed by atoms with Crippen LogP contribution in [0.15, 0.2) is 12.2 Å². The summed E-state index contributed by atoms with van der Waals surface area (Å²) in [6.07, 6.45) is 3.55. The van der Waals surface area contributed by atoms with Crippen LogP contribution in [-0.4, -0.2) is 28.8 Å². The van der Waals surface area contributed by atoms with E-state index in [9.17, 15) is 9.59 Å². The molecule has 5 nitrogen and oxygen atoms in total. The van der Waals surface area contributed by atoms with E-state index in [1.807, 2.05) is 13.8 Å². The van der Waals surface area contributed by atoms with Gasteiger partial charge in [0.25, 0.3) is 0 Å². The van der Waals surface area contributed by atoms with Crippen LogP contribution in [0.3, 0.4) is 0 Å². The molecule has 2 N–H and O–H groups in total. The van der Waals surface area contributed by atoms with E-state index in [1.54, 1.807) is 39.8 Å². The van der Waals surface area contributed by atoms with Crippen LogP contribution in [-0.2, 0) is 9.53 Å². The summed E-state index contributed by atoms with van der Waals surface area (Å²) in [6.45, 7) is 11.1. The first-order valence-corrected chi connectivity index (χ1v) is 6.92. The molecule has 0 fully saturated rings. The van der Waals surface area contributed by atoms with Gasteiger partial charge in [0.1, 0.15) is 5.60 Å². The summed E-state index contributed by atoms with van der Waals surface area (Å²) in [5.74, 6) is -1.09. The highest BCUT2D eigenvalue weighted by Gasteiger charge is 2.19. The highest BCUT2D eigenvalue weighted by atomic mass is 16.6. The van der Waals surface area contributed by atoms with Crippen molar-refractivity contribution < 1.29 is 19.4 Å². The number of carboxylic acid groups (broad SMARTS) is 1. The van der Waals surface area contributed by atoms with E-state index in [-0.39, 0.29) is 6.04 Å². The van der Waals surface area contributed by atoms with Gasteiger partial charge in [-0.1, -0.05) is 26.0 Å². The van der Waals surface area contributed by atoms with Crippen LogP contribution in [0.25, 0.3) is 0 Å². The molecule has 0 aliphatic rings. The van der Waals surface area contributed by atoms with Crippen LogP contribution < -0.4 is 5.32 Å². The van der Waals surface area contributed by atoms with Gasteiger partial charge in [0, 0.05) is 0 Å². The van der Waals surface area contributed by atoms with Crippen molar-refractivity contribution in [1.29, 1.82) is 0 Å². The van der Waals surface area contributed by atoms with E-state index in [1.165, 1.54) is 0 Å². The van der Waals surface area contributed by atoms with Gasteiger partial charge in [0.05, 0.1) is 12.0 Å². The lowest BCUT2D eigenvalue weighted by atomic mass is 10.0. The van der Waals surface area contributed by atoms with Gasteiger partial charge >= 0.3 is 12.1 Å². The van der Waals surface area contributed by atoms with Crippen LogP contribution in [0.1, 0.15) is 48.0 Å². The number of hydrogen-bond acceptors (Lipinski definition) is 3. The molecule has 0 aromatic heterocycles. The second-order valence-corrected chi connectivity index (χ2v) is 6.39. The summed E-state index contributed by atoms with van der Waals surface area (Å²) < 4.78 is 5.20. The zero-order valence-corrected chi connectivity index (χ0v) is 13.3. The smallest absolute Gasteiger partial charge is 0.408 e. The zero-order valence-electron chi connectivity index (χ0n) is 13.3. The summed E-state index contributed by atoms with van der Waals surface area (Å²) in [5.41, 5.74) is -0.551. The molecule has 20 heavy (non-hydrogen) atoms. The third-order valence-corrected chi connectivity index (χ3v) is 2.45. The van der Waals surface area contributed by atoms with Gasteiger partial charge in [0.15, 0.2) is 0 Å². The molecule has 0 rings (SSSR count). The number of hydrogen-bond donors (Lipinski definition) is 2. The molecule has 116 valence electrons. The number of amides is 1. The second kappa shape index (κ2) is 7.92. The quantitative estimate of drug-likeness (QED) is 0.735. The lowest BCUT2D eigenvalue weighted by molar-refractivity contribution is -0.139. The Hall–Kier alpha value is -1.52. The van der Waals surface area contributed by atoms with Crippen molar-refractivity contribution in [1.82, 2.24) is 5.32 Å². The van der Waals surface area contributed by atoms with E-state index >= 15 is 0 Å². The van der Waals surface area contributed by atoms with Crippen LogP contribution in [0, 0.1) is 11.8 Å². The Morgan fingerprint density at radius 3 is 2.15 bits per heavy atom. The summed E-state index contributed by atoms with van der Waals surface area (Å²) >= 11 is 0. The minimum absolute atomic E-state index is 0.230. The molecule has 1 amide bonds. The topological polar surface area (TPSA) is 75.6 Å². The number of rotatable bonds is 6. The standard InChI is InChI=1S/C15H27NO4/c1-10(2)9-12(8-7-11(3)13(17)18)16-14(19)20-15(4,5)6/h7-8,10-12H,9H2,1-6H3,(H,16,19)(H,17,18)/b8-7+/t11-,12-/m1/s1. The summed E-state index contributed by atoms with van der Waals surface area (Å²) in [4.78, 5) is 22.5. The molecule has 0 bridgehead atoms. The fraction of sp³-hybridized carbons (Fsp3) is 0.733. The maximum Gasteiger partial charge on any atom is 0.408 e. The van der Waals surface area contributed by atoms with E-state index < -0.39 is 23.6 Å². The Morgan fingerprint density at radius 1 is 1.20 bits per heavy atom. The molecule has 0 saturated carbocycles.